The zero-order chi connectivity index (χ0) is 16.8. The number of ether oxygens (including phenoxy) is 3. The minimum atomic E-state index is -3.01. The molecule has 0 atom stereocenters. The summed E-state index contributed by atoms with van der Waals surface area (Å²) in [5.41, 5.74) is 0.396. The van der Waals surface area contributed by atoms with E-state index in [-0.39, 0.29) is 11.3 Å². The summed E-state index contributed by atoms with van der Waals surface area (Å²) in [6, 6.07) is 10.6. The van der Waals surface area contributed by atoms with E-state index in [0.717, 1.165) is 0 Å². The van der Waals surface area contributed by atoms with E-state index in [0.29, 0.717) is 17.2 Å². The second kappa shape index (κ2) is 7.44. The zero-order valence-electron chi connectivity index (χ0n) is 12.5. The number of para-hydroxylation sites is 1. The molecule has 0 unspecified atom stereocenters. The number of hydrogen-bond donors (Lipinski definition) is 1. The third-order valence-corrected chi connectivity index (χ3v) is 2.96. The van der Waals surface area contributed by atoms with E-state index >= 15 is 0 Å². The lowest BCUT2D eigenvalue weighted by molar-refractivity contribution is -0.0501. The third kappa shape index (κ3) is 4.32. The minimum Gasteiger partial charge on any atom is -0.497 e. The summed E-state index contributed by atoms with van der Waals surface area (Å²) in [5.74, 6) is 0.181. The van der Waals surface area contributed by atoms with E-state index in [1.165, 1.54) is 32.4 Å². The number of nitrogens with one attached hydrogen (secondary N) is 1. The molecule has 0 fully saturated rings. The quantitative estimate of drug-likeness (QED) is 0.883. The van der Waals surface area contributed by atoms with Crippen LogP contribution in [0.25, 0.3) is 0 Å². The molecule has 2 rings (SSSR count). The highest BCUT2D eigenvalue weighted by Crippen LogP contribution is 2.27. The van der Waals surface area contributed by atoms with E-state index in [1.54, 1.807) is 24.3 Å². The Kier molecular flexibility index (Phi) is 5.35. The van der Waals surface area contributed by atoms with Crippen molar-refractivity contribution in [2.24, 2.45) is 0 Å². The van der Waals surface area contributed by atoms with Crippen molar-refractivity contribution in [3.63, 3.8) is 0 Å². The number of hydrogen-bond acceptors (Lipinski definition) is 4. The largest absolute Gasteiger partial charge is 0.497 e. The van der Waals surface area contributed by atoms with Gasteiger partial charge in [0.1, 0.15) is 17.2 Å². The average Bonchev–Trinajstić information content (AvgIpc) is 2.54. The van der Waals surface area contributed by atoms with Crippen LogP contribution in [0.3, 0.4) is 0 Å². The highest BCUT2D eigenvalue weighted by atomic mass is 19.3. The van der Waals surface area contributed by atoms with Crippen LogP contribution < -0.4 is 19.5 Å². The van der Waals surface area contributed by atoms with E-state index < -0.39 is 12.5 Å². The molecule has 0 spiro atoms. The lowest BCUT2D eigenvalue weighted by Gasteiger charge is -2.12. The number of anilines is 1. The predicted molar refractivity (Wildman–Crippen MR) is 80.6 cm³/mol. The molecule has 0 heterocycles. The standard InChI is InChI=1S/C16H15F2NO4/c1-21-11-7-10(8-12(9-11)22-2)19-15(20)13-5-3-4-6-14(13)23-16(17)18/h3-9,16H,1-2H3,(H,19,20). The molecule has 2 aromatic rings. The molecule has 1 N–H and O–H groups in total. The van der Waals surface area contributed by atoms with Crippen molar-refractivity contribution in [1.29, 1.82) is 0 Å². The number of carbonyl (C=O) groups is 1. The van der Waals surface area contributed by atoms with Gasteiger partial charge in [0.15, 0.2) is 0 Å². The molecule has 7 heteroatoms. The van der Waals surface area contributed by atoms with Crippen molar-refractivity contribution in [2.75, 3.05) is 19.5 Å². The van der Waals surface area contributed by atoms with Crippen LogP contribution in [-0.4, -0.2) is 26.7 Å². The molecule has 0 aromatic heterocycles. The van der Waals surface area contributed by atoms with Crippen LogP contribution in [0.4, 0.5) is 14.5 Å². The average molecular weight is 323 g/mol. The van der Waals surface area contributed by atoms with Gasteiger partial charge in [0, 0.05) is 23.9 Å². The second-order valence-corrected chi connectivity index (χ2v) is 4.43. The summed E-state index contributed by atoms with van der Waals surface area (Å²) >= 11 is 0. The van der Waals surface area contributed by atoms with E-state index in [1.807, 2.05) is 0 Å². The van der Waals surface area contributed by atoms with Crippen LogP contribution in [-0.2, 0) is 0 Å². The van der Waals surface area contributed by atoms with Crippen molar-refractivity contribution in [2.45, 2.75) is 6.61 Å². The predicted octanol–water partition coefficient (Wildman–Crippen LogP) is 3.56. The molecule has 0 saturated heterocycles. The molecule has 0 aliphatic heterocycles. The highest BCUT2D eigenvalue weighted by molar-refractivity contribution is 6.06. The maximum Gasteiger partial charge on any atom is 0.387 e. The first-order valence-corrected chi connectivity index (χ1v) is 6.61. The van der Waals surface area contributed by atoms with Gasteiger partial charge in [-0.2, -0.15) is 8.78 Å². The molecule has 0 bridgehead atoms. The Bertz CT molecular complexity index is 669. The fraction of sp³-hybridized carbons (Fsp3) is 0.188. The zero-order valence-corrected chi connectivity index (χ0v) is 12.5. The Hall–Kier alpha value is -2.83. The molecule has 0 aliphatic carbocycles. The molecule has 0 saturated carbocycles. The molecule has 2 aromatic carbocycles. The van der Waals surface area contributed by atoms with E-state index in [4.69, 9.17) is 9.47 Å². The van der Waals surface area contributed by atoms with Crippen molar-refractivity contribution < 1.29 is 27.8 Å². The maximum atomic E-state index is 12.4. The third-order valence-electron chi connectivity index (χ3n) is 2.96. The Morgan fingerprint density at radius 2 is 1.65 bits per heavy atom. The fourth-order valence-electron chi connectivity index (χ4n) is 1.93. The number of benzene rings is 2. The Morgan fingerprint density at radius 3 is 2.22 bits per heavy atom. The lowest BCUT2D eigenvalue weighted by atomic mass is 10.2. The van der Waals surface area contributed by atoms with E-state index in [9.17, 15) is 13.6 Å². The van der Waals surface area contributed by atoms with Gasteiger partial charge in [-0.15, -0.1) is 0 Å². The van der Waals surface area contributed by atoms with E-state index in [2.05, 4.69) is 10.1 Å². The van der Waals surface area contributed by atoms with Crippen molar-refractivity contribution in [1.82, 2.24) is 0 Å². The molecule has 0 radical (unpaired) electrons. The lowest BCUT2D eigenvalue weighted by Crippen LogP contribution is -2.15. The fourth-order valence-corrected chi connectivity index (χ4v) is 1.93. The summed E-state index contributed by atoms with van der Waals surface area (Å²) in [7, 11) is 2.96. The highest BCUT2D eigenvalue weighted by Gasteiger charge is 2.16. The molecular weight excluding hydrogens is 308 g/mol. The van der Waals surface area contributed by atoms with Crippen LogP contribution in [0, 0.1) is 0 Å². The van der Waals surface area contributed by atoms with Gasteiger partial charge in [-0.05, 0) is 12.1 Å². The normalized spacial score (nSPS) is 10.3. The number of halogens is 2. The van der Waals surface area contributed by atoms with Gasteiger partial charge in [-0.3, -0.25) is 4.79 Å². The Morgan fingerprint density at radius 1 is 1.04 bits per heavy atom. The molecule has 1 amide bonds. The number of methoxy groups -OCH3 is 2. The smallest absolute Gasteiger partial charge is 0.387 e. The van der Waals surface area contributed by atoms with Crippen molar-refractivity contribution in [3.8, 4) is 17.2 Å². The molecule has 0 aliphatic rings. The van der Waals surface area contributed by atoms with Gasteiger partial charge in [0.2, 0.25) is 0 Å². The van der Waals surface area contributed by atoms with Crippen LogP contribution in [0.1, 0.15) is 10.4 Å². The van der Waals surface area contributed by atoms with Gasteiger partial charge >= 0.3 is 6.61 Å². The number of alkyl halides is 2. The molecule has 5 nitrogen and oxygen atoms in total. The first-order chi connectivity index (χ1) is 11.0. The summed E-state index contributed by atoms with van der Waals surface area (Å²) in [6.07, 6.45) is 0. The summed E-state index contributed by atoms with van der Waals surface area (Å²) in [6.45, 7) is -3.01. The Labute approximate surface area is 131 Å². The van der Waals surface area contributed by atoms with Crippen molar-refractivity contribution in [3.05, 3.63) is 48.0 Å². The summed E-state index contributed by atoms with van der Waals surface area (Å²) < 4.78 is 39.4. The topological polar surface area (TPSA) is 56.8 Å². The van der Waals surface area contributed by atoms with Crippen LogP contribution in [0.5, 0.6) is 17.2 Å². The monoisotopic (exact) mass is 323 g/mol. The summed E-state index contributed by atoms with van der Waals surface area (Å²) in [4.78, 5) is 12.3. The number of amides is 1. The van der Waals surface area contributed by atoms with Gasteiger partial charge < -0.3 is 19.5 Å². The SMILES string of the molecule is COc1cc(NC(=O)c2ccccc2OC(F)F)cc(OC)c1. The first-order valence-electron chi connectivity index (χ1n) is 6.61. The maximum absolute atomic E-state index is 12.4. The Balaban J connectivity index is 2.26. The minimum absolute atomic E-state index is 0.00501. The molecule has 122 valence electrons. The van der Waals surface area contributed by atoms with Gasteiger partial charge in [0.25, 0.3) is 5.91 Å². The van der Waals surface area contributed by atoms with Crippen LogP contribution in [0.15, 0.2) is 42.5 Å². The van der Waals surface area contributed by atoms with Gasteiger partial charge in [-0.25, -0.2) is 0 Å². The molecular formula is C16H15F2NO4. The van der Waals surface area contributed by atoms with Gasteiger partial charge in [0.05, 0.1) is 19.8 Å². The van der Waals surface area contributed by atoms with Crippen LogP contribution in [0.2, 0.25) is 0 Å². The number of rotatable bonds is 6. The van der Waals surface area contributed by atoms with Gasteiger partial charge in [-0.1, -0.05) is 12.1 Å². The summed E-state index contributed by atoms with van der Waals surface area (Å²) in [5, 5.41) is 2.60. The van der Waals surface area contributed by atoms with Crippen molar-refractivity contribution >= 4 is 11.6 Å². The first kappa shape index (κ1) is 16.5. The number of carbonyl (C=O) groups excluding carboxylic acids is 1. The molecule has 23 heavy (non-hydrogen) atoms. The second-order valence-electron chi connectivity index (χ2n) is 4.43. The van der Waals surface area contributed by atoms with Crippen LogP contribution >= 0.6 is 0 Å².